The minimum absolute atomic E-state index is 0.0792. The number of alkyl halides is 5. The number of hydrogen-bond acceptors (Lipinski definition) is 1. The molecule has 3 atom stereocenters. The SMILES string of the molecule is FC1CCC(C2CCC(OC(F)(F)F)C(F)C2)CC1. The predicted molar refractivity (Wildman–Crippen MR) is 60.0 cm³/mol. The second-order valence-corrected chi connectivity index (χ2v) is 5.70. The largest absolute Gasteiger partial charge is 0.522 e. The summed E-state index contributed by atoms with van der Waals surface area (Å²) in [4.78, 5) is 0. The topological polar surface area (TPSA) is 9.23 Å². The first-order valence-corrected chi connectivity index (χ1v) is 6.88. The molecule has 0 aliphatic heterocycles. The highest BCUT2D eigenvalue weighted by molar-refractivity contribution is 4.86. The van der Waals surface area contributed by atoms with Crippen molar-refractivity contribution < 1.29 is 26.7 Å². The highest BCUT2D eigenvalue weighted by Crippen LogP contribution is 2.41. The van der Waals surface area contributed by atoms with Gasteiger partial charge in [-0.2, -0.15) is 0 Å². The first kappa shape index (κ1) is 15.0. The van der Waals surface area contributed by atoms with Crippen LogP contribution in [0, 0.1) is 11.8 Å². The van der Waals surface area contributed by atoms with Crippen LogP contribution in [0.5, 0.6) is 0 Å². The van der Waals surface area contributed by atoms with Crippen molar-refractivity contribution in [2.24, 2.45) is 11.8 Å². The summed E-state index contributed by atoms with van der Waals surface area (Å²) in [6.07, 6.45) is -5.26. The standard InChI is InChI=1S/C13H19F5O/c14-10-4-1-8(2-5-10)9-3-6-12(11(15)7-9)19-13(16,17)18/h8-12H,1-7H2. The maximum absolute atomic E-state index is 13.8. The summed E-state index contributed by atoms with van der Waals surface area (Å²) in [5.74, 6) is 0.340. The third-order valence-electron chi connectivity index (χ3n) is 4.41. The first-order valence-electron chi connectivity index (χ1n) is 6.88. The molecule has 19 heavy (non-hydrogen) atoms. The summed E-state index contributed by atoms with van der Waals surface area (Å²) in [5.41, 5.74) is 0. The van der Waals surface area contributed by atoms with Gasteiger partial charge in [0.25, 0.3) is 0 Å². The Morgan fingerprint density at radius 2 is 1.37 bits per heavy atom. The van der Waals surface area contributed by atoms with E-state index in [0.717, 1.165) is 12.8 Å². The van der Waals surface area contributed by atoms with E-state index in [1.807, 2.05) is 0 Å². The van der Waals surface area contributed by atoms with E-state index < -0.39 is 24.8 Å². The van der Waals surface area contributed by atoms with E-state index in [4.69, 9.17) is 0 Å². The van der Waals surface area contributed by atoms with Crippen LogP contribution >= 0.6 is 0 Å². The molecule has 2 fully saturated rings. The van der Waals surface area contributed by atoms with Crippen molar-refractivity contribution in [3.05, 3.63) is 0 Å². The average molecular weight is 286 g/mol. The van der Waals surface area contributed by atoms with Gasteiger partial charge in [0.1, 0.15) is 12.3 Å². The minimum atomic E-state index is -4.77. The molecule has 0 heterocycles. The Balaban J connectivity index is 1.82. The fourth-order valence-electron chi connectivity index (χ4n) is 3.40. The normalized spacial score (nSPS) is 41.2. The van der Waals surface area contributed by atoms with Crippen LogP contribution in [0.4, 0.5) is 22.0 Å². The van der Waals surface area contributed by atoms with E-state index in [0.29, 0.717) is 19.3 Å². The molecule has 2 aliphatic carbocycles. The van der Waals surface area contributed by atoms with Crippen molar-refractivity contribution in [1.29, 1.82) is 0 Å². The monoisotopic (exact) mass is 286 g/mol. The number of ether oxygens (including phenoxy) is 1. The van der Waals surface area contributed by atoms with Gasteiger partial charge < -0.3 is 0 Å². The molecule has 0 aromatic rings. The third kappa shape index (κ3) is 4.29. The molecule has 0 spiro atoms. The lowest BCUT2D eigenvalue weighted by molar-refractivity contribution is -0.352. The molecule has 3 unspecified atom stereocenters. The zero-order valence-electron chi connectivity index (χ0n) is 10.6. The zero-order valence-corrected chi connectivity index (χ0v) is 10.6. The highest BCUT2D eigenvalue weighted by atomic mass is 19.4. The molecule has 2 aliphatic rings. The minimum Gasteiger partial charge on any atom is -0.286 e. The van der Waals surface area contributed by atoms with Gasteiger partial charge >= 0.3 is 6.36 Å². The lowest BCUT2D eigenvalue weighted by Crippen LogP contribution is -2.39. The van der Waals surface area contributed by atoms with E-state index in [-0.39, 0.29) is 24.7 Å². The maximum Gasteiger partial charge on any atom is 0.522 e. The molecular formula is C13H19F5O. The van der Waals surface area contributed by atoms with Crippen molar-refractivity contribution in [1.82, 2.24) is 0 Å². The number of hydrogen-bond donors (Lipinski definition) is 0. The summed E-state index contributed by atoms with van der Waals surface area (Å²) in [6.45, 7) is 0. The van der Waals surface area contributed by atoms with Crippen LogP contribution in [0.2, 0.25) is 0 Å². The quantitative estimate of drug-likeness (QED) is 0.676. The van der Waals surface area contributed by atoms with Crippen molar-refractivity contribution in [3.63, 3.8) is 0 Å². The molecule has 112 valence electrons. The van der Waals surface area contributed by atoms with E-state index in [9.17, 15) is 22.0 Å². The predicted octanol–water partition coefficient (Wildman–Crippen LogP) is 4.56. The Bertz CT molecular complexity index is 285. The van der Waals surface area contributed by atoms with Crippen LogP contribution < -0.4 is 0 Å². The molecule has 0 bridgehead atoms. The Morgan fingerprint density at radius 1 is 0.789 bits per heavy atom. The van der Waals surface area contributed by atoms with Gasteiger partial charge in [-0.05, 0) is 56.8 Å². The molecule has 0 amide bonds. The van der Waals surface area contributed by atoms with E-state index in [2.05, 4.69) is 4.74 Å². The van der Waals surface area contributed by atoms with E-state index in [1.165, 1.54) is 0 Å². The molecule has 0 radical (unpaired) electrons. The molecule has 0 saturated heterocycles. The third-order valence-corrected chi connectivity index (χ3v) is 4.41. The molecule has 0 aromatic heterocycles. The maximum atomic E-state index is 13.8. The van der Waals surface area contributed by atoms with Crippen molar-refractivity contribution in [2.45, 2.75) is 69.8 Å². The second-order valence-electron chi connectivity index (χ2n) is 5.70. The molecule has 2 rings (SSSR count). The van der Waals surface area contributed by atoms with Crippen LogP contribution in [0.25, 0.3) is 0 Å². The van der Waals surface area contributed by atoms with Gasteiger partial charge in [-0.1, -0.05) is 0 Å². The van der Waals surface area contributed by atoms with Crippen LogP contribution in [-0.2, 0) is 4.74 Å². The Kier molecular flexibility index (Phi) is 4.69. The van der Waals surface area contributed by atoms with Gasteiger partial charge in [0.05, 0.1) is 6.10 Å². The zero-order chi connectivity index (χ0) is 14.0. The lowest BCUT2D eigenvalue weighted by Gasteiger charge is -2.38. The Morgan fingerprint density at radius 3 is 1.89 bits per heavy atom. The first-order chi connectivity index (χ1) is 8.85. The number of halogens is 5. The summed E-state index contributed by atoms with van der Waals surface area (Å²) >= 11 is 0. The Hall–Kier alpha value is -0.390. The van der Waals surface area contributed by atoms with Crippen LogP contribution in [0.3, 0.4) is 0 Å². The highest BCUT2D eigenvalue weighted by Gasteiger charge is 2.42. The van der Waals surface area contributed by atoms with Crippen molar-refractivity contribution >= 4 is 0 Å². The van der Waals surface area contributed by atoms with Crippen LogP contribution in [-0.4, -0.2) is 24.8 Å². The smallest absolute Gasteiger partial charge is 0.286 e. The van der Waals surface area contributed by atoms with Gasteiger partial charge in [-0.25, -0.2) is 8.78 Å². The average Bonchev–Trinajstić information content (AvgIpc) is 2.31. The van der Waals surface area contributed by atoms with Gasteiger partial charge in [0, 0.05) is 0 Å². The summed E-state index contributed by atoms with van der Waals surface area (Å²) in [6, 6.07) is 0. The second kappa shape index (κ2) is 5.94. The van der Waals surface area contributed by atoms with E-state index >= 15 is 0 Å². The Labute approximate surface area is 109 Å². The van der Waals surface area contributed by atoms with Gasteiger partial charge in [0.15, 0.2) is 0 Å². The molecule has 0 N–H and O–H groups in total. The van der Waals surface area contributed by atoms with Crippen molar-refractivity contribution in [2.75, 3.05) is 0 Å². The molecule has 2 saturated carbocycles. The summed E-state index contributed by atoms with van der Waals surface area (Å²) < 4.78 is 66.8. The summed E-state index contributed by atoms with van der Waals surface area (Å²) in [7, 11) is 0. The fourth-order valence-corrected chi connectivity index (χ4v) is 3.40. The number of rotatable bonds is 2. The molecular weight excluding hydrogens is 267 g/mol. The lowest BCUT2D eigenvalue weighted by atomic mass is 9.72. The van der Waals surface area contributed by atoms with Crippen LogP contribution in [0.15, 0.2) is 0 Å². The van der Waals surface area contributed by atoms with Crippen molar-refractivity contribution in [3.8, 4) is 0 Å². The summed E-state index contributed by atoms with van der Waals surface area (Å²) in [5, 5.41) is 0. The molecule has 1 nitrogen and oxygen atoms in total. The van der Waals surface area contributed by atoms with Gasteiger partial charge in [-0.3, -0.25) is 4.74 Å². The fraction of sp³-hybridized carbons (Fsp3) is 1.00. The van der Waals surface area contributed by atoms with Gasteiger partial charge in [0.2, 0.25) is 0 Å². The van der Waals surface area contributed by atoms with Gasteiger partial charge in [-0.15, -0.1) is 13.2 Å². The molecule has 0 aromatic carbocycles. The van der Waals surface area contributed by atoms with E-state index in [1.54, 1.807) is 0 Å². The molecule has 6 heteroatoms. The van der Waals surface area contributed by atoms with Crippen LogP contribution in [0.1, 0.15) is 44.9 Å².